The summed E-state index contributed by atoms with van der Waals surface area (Å²) in [5, 5.41) is 12.9. The third-order valence-electron chi connectivity index (χ3n) is 4.11. The molecule has 1 aromatic carbocycles. The summed E-state index contributed by atoms with van der Waals surface area (Å²) in [7, 11) is 0. The van der Waals surface area contributed by atoms with Crippen molar-refractivity contribution >= 4 is 0 Å². The van der Waals surface area contributed by atoms with Gasteiger partial charge in [-0.15, -0.1) is 0 Å². The molecule has 0 saturated carbocycles. The Morgan fingerprint density at radius 2 is 2.00 bits per heavy atom. The number of aliphatic hydroxyl groups is 1. The molecule has 0 bridgehead atoms. The second-order valence-corrected chi connectivity index (χ2v) is 5.61. The molecule has 124 valence electrons. The molecule has 1 aliphatic heterocycles. The lowest BCUT2D eigenvalue weighted by molar-refractivity contribution is 0.174. The zero-order valence-electron chi connectivity index (χ0n) is 13.7. The van der Waals surface area contributed by atoms with Gasteiger partial charge in [0, 0.05) is 12.6 Å². The third-order valence-corrected chi connectivity index (χ3v) is 4.11. The molecule has 1 atom stereocenters. The first kappa shape index (κ1) is 17.1. The van der Waals surface area contributed by atoms with E-state index in [-0.39, 0.29) is 12.6 Å². The quantitative estimate of drug-likeness (QED) is 0.644. The number of aryl methyl sites for hydroxylation is 1. The normalized spacial score (nSPS) is 14.5. The highest BCUT2D eigenvalue weighted by Gasteiger charge is 2.13. The number of likely N-dealkylation sites (N-methyl/N-ethyl adjacent to an activating group) is 1. The fourth-order valence-electron chi connectivity index (χ4n) is 2.68. The minimum absolute atomic E-state index is 0.150. The van der Waals surface area contributed by atoms with E-state index >= 15 is 0 Å². The number of fused-ring (bicyclic) bond motifs is 1. The van der Waals surface area contributed by atoms with Gasteiger partial charge in [-0.3, -0.25) is 0 Å². The van der Waals surface area contributed by atoms with E-state index < -0.39 is 0 Å². The van der Waals surface area contributed by atoms with Crippen LogP contribution in [0.25, 0.3) is 0 Å². The van der Waals surface area contributed by atoms with E-state index in [1.54, 1.807) is 0 Å². The standard InChI is InChI=1S/C17H28N2O3/c1-3-19(4-2)11-15(12-20)18-9-5-6-14-7-8-16-17(10-14)22-13-21-16/h7-8,10,15,18,20H,3-6,9,11-13H2,1-2H3. The Bertz CT molecular complexity index is 450. The van der Waals surface area contributed by atoms with Crippen molar-refractivity contribution in [2.24, 2.45) is 0 Å². The number of nitrogens with one attached hydrogen (secondary N) is 1. The SMILES string of the molecule is CCN(CC)CC(CO)NCCCc1ccc2c(c1)OCO2. The highest BCUT2D eigenvalue weighted by molar-refractivity contribution is 5.44. The molecular formula is C17H28N2O3. The first-order valence-electron chi connectivity index (χ1n) is 8.22. The van der Waals surface area contributed by atoms with Crippen LogP contribution >= 0.6 is 0 Å². The van der Waals surface area contributed by atoms with Crippen molar-refractivity contribution in [1.29, 1.82) is 0 Å². The molecule has 1 aliphatic rings. The number of rotatable bonds is 10. The largest absolute Gasteiger partial charge is 0.454 e. The summed E-state index contributed by atoms with van der Waals surface area (Å²) in [6.45, 7) is 8.64. The molecule has 0 radical (unpaired) electrons. The number of benzene rings is 1. The number of hydrogen-bond acceptors (Lipinski definition) is 5. The molecule has 5 nitrogen and oxygen atoms in total. The van der Waals surface area contributed by atoms with Crippen LogP contribution in [-0.4, -0.2) is 55.6 Å². The van der Waals surface area contributed by atoms with E-state index in [1.807, 2.05) is 6.07 Å². The predicted molar refractivity (Wildman–Crippen MR) is 87.6 cm³/mol. The van der Waals surface area contributed by atoms with Crippen LogP contribution in [0.15, 0.2) is 18.2 Å². The van der Waals surface area contributed by atoms with E-state index in [0.717, 1.165) is 50.5 Å². The fourth-order valence-corrected chi connectivity index (χ4v) is 2.68. The summed E-state index contributed by atoms with van der Waals surface area (Å²) < 4.78 is 10.7. The monoisotopic (exact) mass is 308 g/mol. The van der Waals surface area contributed by atoms with E-state index in [2.05, 4.69) is 36.2 Å². The van der Waals surface area contributed by atoms with Crippen molar-refractivity contribution in [3.63, 3.8) is 0 Å². The summed E-state index contributed by atoms with van der Waals surface area (Å²) >= 11 is 0. The first-order chi connectivity index (χ1) is 10.8. The van der Waals surface area contributed by atoms with Crippen molar-refractivity contribution in [2.45, 2.75) is 32.7 Å². The molecule has 0 saturated heterocycles. The van der Waals surface area contributed by atoms with Gasteiger partial charge in [0.15, 0.2) is 11.5 Å². The predicted octanol–water partition coefficient (Wildman–Crippen LogP) is 1.64. The lowest BCUT2D eigenvalue weighted by atomic mass is 10.1. The summed E-state index contributed by atoms with van der Waals surface area (Å²) in [6, 6.07) is 6.27. The van der Waals surface area contributed by atoms with Crippen molar-refractivity contribution in [3.8, 4) is 11.5 Å². The van der Waals surface area contributed by atoms with Crippen LogP contribution in [0.1, 0.15) is 25.8 Å². The zero-order valence-corrected chi connectivity index (χ0v) is 13.7. The van der Waals surface area contributed by atoms with Gasteiger partial charge in [0.2, 0.25) is 6.79 Å². The summed E-state index contributed by atoms with van der Waals surface area (Å²) in [6.07, 6.45) is 2.03. The molecule has 0 aliphatic carbocycles. The van der Waals surface area contributed by atoms with E-state index in [1.165, 1.54) is 5.56 Å². The summed E-state index contributed by atoms with van der Waals surface area (Å²) in [5.41, 5.74) is 1.26. The van der Waals surface area contributed by atoms with Crippen LogP contribution in [0.5, 0.6) is 11.5 Å². The minimum atomic E-state index is 0.150. The highest BCUT2D eigenvalue weighted by atomic mass is 16.7. The lowest BCUT2D eigenvalue weighted by Gasteiger charge is -2.24. The van der Waals surface area contributed by atoms with Crippen LogP contribution < -0.4 is 14.8 Å². The topological polar surface area (TPSA) is 54.0 Å². The molecule has 2 rings (SSSR count). The van der Waals surface area contributed by atoms with Gasteiger partial charge in [-0.05, 0) is 50.2 Å². The van der Waals surface area contributed by atoms with Gasteiger partial charge in [-0.1, -0.05) is 19.9 Å². The number of nitrogens with zero attached hydrogens (tertiary/aromatic N) is 1. The average molecular weight is 308 g/mol. The Hall–Kier alpha value is -1.30. The maximum Gasteiger partial charge on any atom is 0.231 e. The molecule has 2 N–H and O–H groups in total. The van der Waals surface area contributed by atoms with Crippen LogP contribution in [0, 0.1) is 0 Å². The Kier molecular flexibility index (Phi) is 6.96. The number of aliphatic hydroxyl groups excluding tert-OH is 1. The molecular weight excluding hydrogens is 280 g/mol. The molecule has 1 heterocycles. The molecule has 0 fully saturated rings. The number of ether oxygens (including phenoxy) is 2. The van der Waals surface area contributed by atoms with E-state index in [9.17, 15) is 5.11 Å². The average Bonchev–Trinajstić information content (AvgIpc) is 3.02. The lowest BCUT2D eigenvalue weighted by Crippen LogP contribution is -2.43. The Balaban J connectivity index is 1.69. The Morgan fingerprint density at radius 1 is 1.23 bits per heavy atom. The van der Waals surface area contributed by atoms with Gasteiger partial charge in [-0.25, -0.2) is 0 Å². The molecule has 22 heavy (non-hydrogen) atoms. The molecule has 0 spiro atoms. The van der Waals surface area contributed by atoms with Gasteiger partial charge >= 0.3 is 0 Å². The minimum Gasteiger partial charge on any atom is -0.454 e. The second-order valence-electron chi connectivity index (χ2n) is 5.61. The van der Waals surface area contributed by atoms with Gasteiger partial charge in [0.1, 0.15) is 0 Å². The highest BCUT2D eigenvalue weighted by Crippen LogP contribution is 2.32. The summed E-state index contributed by atoms with van der Waals surface area (Å²) in [4.78, 5) is 2.33. The van der Waals surface area contributed by atoms with Crippen molar-refractivity contribution in [2.75, 3.05) is 39.6 Å². The van der Waals surface area contributed by atoms with Crippen LogP contribution in [0.4, 0.5) is 0 Å². The Labute approximate surface area is 133 Å². The van der Waals surface area contributed by atoms with E-state index in [0.29, 0.717) is 6.79 Å². The third kappa shape index (κ3) is 4.87. The van der Waals surface area contributed by atoms with Crippen LogP contribution in [-0.2, 0) is 6.42 Å². The van der Waals surface area contributed by atoms with Gasteiger partial charge in [0.25, 0.3) is 0 Å². The van der Waals surface area contributed by atoms with Crippen molar-refractivity contribution in [3.05, 3.63) is 23.8 Å². The smallest absolute Gasteiger partial charge is 0.231 e. The van der Waals surface area contributed by atoms with Gasteiger partial charge in [-0.2, -0.15) is 0 Å². The maximum atomic E-state index is 9.47. The van der Waals surface area contributed by atoms with Crippen molar-refractivity contribution < 1.29 is 14.6 Å². The van der Waals surface area contributed by atoms with Gasteiger partial charge in [0.05, 0.1) is 6.61 Å². The Morgan fingerprint density at radius 3 is 2.73 bits per heavy atom. The van der Waals surface area contributed by atoms with Gasteiger partial charge < -0.3 is 24.8 Å². The molecule has 0 amide bonds. The number of hydrogen-bond donors (Lipinski definition) is 2. The second kappa shape index (κ2) is 8.98. The fraction of sp³-hybridized carbons (Fsp3) is 0.647. The van der Waals surface area contributed by atoms with Crippen LogP contribution in [0.3, 0.4) is 0 Å². The van der Waals surface area contributed by atoms with Crippen molar-refractivity contribution in [1.82, 2.24) is 10.2 Å². The summed E-state index contributed by atoms with van der Waals surface area (Å²) in [5.74, 6) is 1.68. The molecule has 1 aromatic rings. The maximum absolute atomic E-state index is 9.47. The van der Waals surface area contributed by atoms with E-state index in [4.69, 9.17) is 9.47 Å². The van der Waals surface area contributed by atoms with Crippen LogP contribution in [0.2, 0.25) is 0 Å². The molecule has 5 heteroatoms. The first-order valence-corrected chi connectivity index (χ1v) is 8.22. The molecule has 1 unspecified atom stereocenters. The molecule has 0 aromatic heterocycles. The zero-order chi connectivity index (χ0) is 15.8.